The fraction of sp³-hybridized carbons (Fsp3) is 0.647. The number of carbonyl (C=O) groups excluding carboxylic acids is 1. The Morgan fingerprint density at radius 1 is 1.17 bits per heavy atom. The Kier molecular flexibility index (Phi) is 5.00. The zero-order valence-corrected chi connectivity index (χ0v) is 13.8. The number of urea groups is 1. The van der Waals surface area contributed by atoms with Crippen LogP contribution in [0.25, 0.3) is 0 Å². The van der Waals surface area contributed by atoms with E-state index in [1.54, 1.807) is 19.3 Å². The van der Waals surface area contributed by atoms with Gasteiger partial charge in [-0.2, -0.15) is 0 Å². The first-order valence-electron chi connectivity index (χ1n) is 8.57. The molecule has 2 saturated heterocycles. The number of likely N-dealkylation sites (tertiary alicyclic amines) is 2. The molecule has 126 valence electrons. The van der Waals surface area contributed by atoms with E-state index in [-0.39, 0.29) is 11.6 Å². The van der Waals surface area contributed by atoms with Gasteiger partial charge in [-0.15, -0.1) is 0 Å². The third kappa shape index (κ3) is 4.13. The topological polar surface area (TPSA) is 57.6 Å². The summed E-state index contributed by atoms with van der Waals surface area (Å²) in [6.45, 7) is 5.31. The minimum Gasteiger partial charge on any atom is -0.325 e. The van der Waals surface area contributed by atoms with Gasteiger partial charge in [-0.3, -0.25) is 4.79 Å². The number of aromatic nitrogens is 1. The second-order valence-electron chi connectivity index (χ2n) is 6.74. The van der Waals surface area contributed by atoms with Gasteiger partial charge in [0.2, 0.25) is 5.56 Å². The predicted octanol–water partition coefficient (Wildman–Crippen LogP) is 1.73. The molecule has 2 fully saturated rings. The molecular weight excluding hydrogens is 292 g/mol. The summed E-state index contributed by atoms with van der Waals surface area (Å²) in [7, 11) is 1.68. The van der Waals surface area contributed by atoms with Crippen LogP contribution in [0, 0.1) is 5.92 Å². The highest BCUT2D eigenvalue weighted by molar-refractivity contribution is 5.89. The van der Waals surface area contributed by atoms with Crippen molar-refractivity contribution in [1.29, 1.82) is 0 Å². The Hall–Kier alpha value is -1.82. The van der Waals surface area contributed by atoms with Crippen molar-refractivity contribution in [3.05, 3.63) is 28.7 Å². The number of rotatable bonds is 3. The summed E-state index contributed by atoms with van der Waals surface area (Å²) in [6.07, 6.45) is 6.48. The smallest absolute Gasteiger partial charge is 0.321 e. The molecule has 1 aromatic heterocycles. The van der Waals surface area contributed by atoms with Crippen molar-refractivity contribution in [2.75, 3.05) is 38.0 Å². The van der Waals surface area contributed by atoms with Gasteiger partial charge in [0.15, 0.2) is 0 Å². The number of anilines is 1. The number of nitrogens with one attached hydrogen (secondary N) is 1. The number of hydrogen-bond donors (Lipinski definition) is 1. The molecule has 2 aliphatic heterocycles. The number of carbonyl (C=O) groups is 1. The van der Waals surface area contributed by atoms with E-state index in [2.05, 4.69) is 10.2 Å². The van der Waals surface area contributed by atoms with Crippen LogP contribution in [-0.4, -0.2) is 53.1 Å². The normalized spacial score (nSPS) is 20.0. The first kappa shape index (κ1) is 16.1. The molecule has 2 aliphatic rings. The maximum atomic E-state index is 12.3. The van der Waals surface area contributed by atoms with Crippen molar-refractivity contribution in [3.63, 3.8) is 0 Å². The van der Waals surface area contributed by atoms with Gasteiger partial charge in [-0.1, -0.05) is 0 Å². The SMILES string of the molecule is Cn1cc(NC(=O)N2CCC(CN3CCCC3)CC2)ccc1=O. The summed E-state index contributed by atoms with van der Waals surface area (Å²) in [5.41, 5.74) is 0.585. The van der Waals surface area contributed by atoms with Gasteiger partial charge >= 0.3 is 6.03 Å². The summed E-state index contributed by atoms with van der Waals surface area (Å²) < 4.78 is 1.47. The van der Waals surface area contributed by atoms with Crippen molar-refractivity contribution in [2.45, 2.75) is 25.7 Å². The van der Waals surface area contributed by atoms with Gasteiger partial charge < -0.3 is 19.7 Å². The predicted molar refractivity (Wildman–Crippen MR) is 90.7 cm³/mol. The quantitative estimate of drug-likeness (QED) is 0.923. The van der Waals surface area contributed by atoms with E-state index in [0.29, 0.717) is 5.69 Å². The second-order valence-corrected chi connectivity index (χ2v) is 6.74. The molecule has 0 spiro atoms. The van der Waals surface area contributed by atoms with Crippen LogP contribution < -0.4 is 10.9 Å². The molecule has 0 atom stereocenters. The van der Waals surface area contributed by atoms with Crippen LogP contribution in [0.5, 0.6) is 0 Å². The van der Waals surface area contributed by atoms with Crippen molar-refractivity contribution in [3.8, 4) is 0 Å². The average Bonchev–Trinajstić information content (AvgIpc) is 3.04. The molecule has 6 nitrogen and oxygen atoms in total. The van der Waals surface area contributed by atoms with Gasteiger partial charge in [-0.05, 0) is 50.8 Å². The summed E-state index contributed by atoms with van der Waals surface area (Å²) in [4.78, 5) is 28.1. The Balaban J connectivity index is 1.47. The summed E-state index contributed by atoms with van der Waals surface area (Å²) in [5.74, 6) is 0.717. The van der Waals surface area contributed by atoms with Crippen LogP contribution in [0.3, 0.4) is 0 Å². The van der Waals surface area contributed by atoms with Crippen molar-refractivity contribution in [2.24, 2.45) is 13.0 Å². The van der Waals surface area contributed by atoms with E-state index in [1.807, 2.05) is 4.90 Å². The molecule has 0 aromatic carbocycles. The molecule has 0 radical (unpaired) electrons. The van der Waals surface area contributed by atoms with Gasteiger partial charge in [0.05, 0.1) is 5.69 Å². The molecule has 0 bridgehead atoms. The highest BCUT2D eigenvalue weighted by atomic mass is 16.2. The van der Waals surface area contributed by atoms with E-state index in [0.717, 1.165) is 31.8 Å². The number of amides is 2. The van der Waals surface area contributed by atoms with E-state index in [9.17, 15) is 9.59 Å². The molecule has 0 saturated carbocycles. The lowest BCUT2D eigenvalue weighted by molar-refractivity contribution is 0.163. The molecule has 0 unspecified atom stereocenters. The third-order valence-corrected chi connectivity index (χ3v) is 4.95. The van der Waals surface area contributed by atoms with Crippen LogP contribution in [0.15, 0.2) is 23.1 Å². The van der Waals surface area contributed by atoms with Crippen LogP contribution in [0.4, 0.5) is 10.5 Å². The Bertz CT molecular complexity index is 599. The number of nitrogens with zero attached hydrogens (tertiary/aromatic N) is 3. The van der Waals surface area contributed by atoms with Crippen molar-refractivity contribution < 1.29 is 4.79 Å². The summed E-state index contributed by atoms with van der Waals surface area (Å²) >= 11 is 0. The second kappa shape index (κ2) is 7.17. The Morgan fingerprint density at radius 3 is 2.52 bits per heavy atom. The van der Waals surface area contributed by atoms with Gasteiger partial charge in [-0.25, -0.2) is 4.79 Å². The van der Waals surface area contributed by atoms with Gasteiger partial charge in [0.1, 0.15) is 0 Å². The number of pyridine rings is 1. The summed E-state index contributed by atoms with van der Waals surface area (Å²) in [5, 5.41) is 2.88. The lowest BCUT2D eigenvalue weighted by Gasteiger charge is -2.33. The van der Waals surface area contributed by atoms with Gasteiger partial charge in [0, 0.05) is 38.9 Å². The minimum atomic E-state index is -0.0780. The highest BCUT2D eigenvalue weighted by Gasteiger charge is 2.25. The first-order valence-corrected chi connectivity index (χ1v) is 8.57. The zero-order valence-electron chi connectivity index (χ0n) is 13.8. The standard InChI is InChI=1S/C17H26N4O2/c1-19-13-15(4-5-16(19)22)18-17(23)21-10-6-14(7-11-21)12-20-8-2-3-9-20/h4-5,13-14H,2-3,6-12H2,1H3,(H,18,23). The Morgan fingerprint density at radius 2 is 1.87 bits per heavy atom. The van der Waals surface area contributed by atoms with Crippen LogP contribution in [0.1, 0.15) is 25.7 Å². The van der Waals surface area contributed by atoms with E-state index >= 15 is 0 Å². The molecule has 2 amide bonds. The molecule has 1 aromatic rings. The van der Waals surface area contributed by atoms with E-state index < -0.39 is 0 Å². The fourth-order valence-corrected chi connectivity index (χ4v) is 3.52. The Labute approximate surface area is 137 Å². The fourth-order valence-electron chi connectivity index (χ4n) is 3.52. The largest absolute Gasteiger partial charge is 0.325 e. The number of piperidine rings is 1. The molecular formula is C17H26N4O2. The lowest BCUT2D eigenvalue weighted by atomic mass is 9.96. The maximum Gasteiger partial charge on any atom is 0.321 e. The molecule has 23 heavy (non-hydrogen) atoms. The molecule has 0 aliphatic carbocycles. The average molecular weight is 318 g/mol. The van der Waals surface area contributed by atoms with Gasteiger partial charge in [0.25, 0.3) is 0 Å². The maximum absolute atomic E-state index is 12.3. The van der Waals surface area contributed by atoms with E-state index in [1.165, 1.54) is 43.1 Å². The van der Waals surface area contributed by atoms with E-state index in [4.69, 9.17) is 0 Å². The number of aryl methyl sites for hydroxylation is 1. The van der Waals surface area contributed by atoms with Crippen LogP contribution in [-0.2, 0) is 7.05 Å². The molecule has 1 N–H and O–H groups in total. The minimum absolute atomic E-state index is 0.0664. The molecule has 6 heteroatoms. The summed E-state index contributed by atoms with van der Waals surface area (Å²) in [6, 6.07) is 3.06. The van der Waals surface area contributed by atoms with Crippen molar-refractivity contribution in [1.82, 2.24) is 14.4 Å². The molecule has 3 heterocycles. The zero-order chi connectivity index (χ0) is 16.2. The monoisotopic (exact) mass is 318 g/mol. The molecule has 3 rings (SSSR count). The third-order valence-electron chi connectivity index (χ3n) is 4.95. The van der Waals surface area contributed by atoms with Crippen molar-refractivity contribution >= 4 is 11.7 Å². The van der Waals surface area contributed by atoms with Crippen LogP contribution in [0.2, 0.25) is 0 Å². The van der Waals surface area contributed by atoms with Crippen LogP contribution >= 0.6 is 0 Å². The number of hydrogen-bond acceptors (Lipinski definition) is 3. The lowest BCUT2D eigenvalue weighted by Crippen LogP contribution is -2.43. The highest BCUT2D eigenvalue weighted by Crippen LogP contribution is 2.21. The first-order chi connectivity index (χ1) is 11.1.